The molecule has 0 bridgehead atoms. The van der Waals surface area contributed by atoms with Crippen LogP contribution in [0.15, 0.2) is 109 Å². The van der Waals surface area contributed by atoms with Crippen molar-refractivity contribution >= 4 is 11.9 Å². The minimum Gasteiger partial charge on any atom is -0.423 e. The summed E-state index contributed by atoms with van der Waals surface area (Å²) in [7, 11) is 0. The lowest BCUT2D eigenvalue weighted by Gasteiger charge is -2.06. The zero-order chi connectivity index (χ0) is 28.7. The van der Waals surface area contributed by atoms with Crippen LogP contribution in [-0.2, 0) is 11.2 Å². The summed E-state index contributed by atoms with van der Waals surface area (Å²) in [4.78, 5) is 24.8. The van der Waals surface area contributed by atoms with Gasteiger partial charge in [0.1, 0.15) is 11.5 Å². The van der Waals surface area contributed by atoms with E-state index in [1.54, 1.807) is 79.7 Å². The van der Waals surface area contributed by atoms with Gasteiger partial charge in [-0.2, -0.15) is 10.5 Å². The number of aryl methyl sites for hydroxylation is 1. The van der Waals surface area contributed by atoms with E-state index >= 15 is 0 Å². The van der Waals surface area contributed by atoms with Gasteiger partial charge in [0.05, 0.1) is 34.4 Å². The standard InChI is InChI=1S/C34H30N2O4/c1-3-29(33(37)39-31-19-12-27(23-35)13-20-31)16-9-25(2)7-5-4-6-8-26-10-17-30(18-11-26)34(38)40-32-21-14-28(24-36)15-22-32/h3,9-22H,2,4-8H2,1H3/b16-9-,29-3+. The van der Waals surface area contributed by atoms with Gasteiger partial charge in [0.25, 0.3) is 0 Å². The molecule has 0 unspecified atom stereocenters. The molecule has 0 aliphatic rings. The van der Waals surface area contributed by atoms with Crippen LogP contribution in [0, 0.1) is 22.7 Å². The van der Waals surface area contributed by atoms with E-state index in [-0.39, 0.29) is 0 Å². The van der Waals surface area contributed by atoms with Gasteiger partial charge in [-0.1, -0.05) is 42.9 Å². The van der Waals surface area contributed by atoms with Gasteiger partial charge in [-0.25, -0.2) is 9.59 Å². The molecular weight excluding hydrogens is 500 g/mol. The second-order valence-corrected chi connectivity index (χ2v) is 9.04. The molecule has 0 N–H and O–H groups in total. The molecule has 3 rings (SSSR count). The van der Waals surface area contributed by atoms with Crippen molar-refractivity contribution in [2.75, 3.05) is 0 Å². The van der Waals surface area contributed by atoms with Crippen LogP contribution in [0.2, 0.25) is 0 Å². The van der Waals surface area contributed by atoms with Crippen molar-refractivity contribution in [3.05, 3.63) is 131 Å². The Labute approximate surface area is 235 Å². The summed E-state index contributed by atoms with van der Waals surface area (Å²) < 4.78 is 10.7. The van der Waals surface area contributed by atoms with Gasteiger partial charge in [0.15, 0.2) is 0 Å². The van der Waals surface area contributed by atoms with Crippen LogP contribution >= 0.6 is 0 Å². The number of unbranched alkanes of at least 4 members (excludes halogenated alkanes) is 2. The molecule has 0 saturated carbocycles. The monoisotopic (exact) mass is 530 g/mol. The third kappa shape index (κ3) is 9.28. The maximum absolute atomic E-state index is 12.4. The van der Waals surface area contributed by atoms with Gasteiger partial charge in [-0.3, -0.25) is 0 Å². The maximum atomic E-state index is 12.4. The molecule has 0 aromatic heterocycles. The van der Waals surface area contributed by atoms with Crippen molar-refractivity contribution in [3.8, 4) is 23.6 Å². The van der Waals surface area contributed by atoms with Crippen LogP contribution in [0.25, 0.3) is 0 Å². The average molecular weight is 531 g/mol. The van der Waals surface area contributed by atoms with Gasteiger partial charge in [0.2, 0.25) is 0 Å². The Hall–Kier alpha value is -5.20. The summed E-state index contributed by atoms with van der Waals surface area (Å²) >= 11 is 0. The van der Waals surface area contributed by atoms with E-state index < -0.39 is 11.9 Å². The molecule has 6 heteroatoms. The summed E-state index contributed by atoms with van der Waals surface area (Å²) in [6.45, 7) is 5.86. The molecule has 0 spiro atoms. The fourth-order valence-corrected chi connectivity index (χ4v) is 3.77. The topological polar surface area (TPSA) is 100 Å². The van der Waals surface area contributed by atoms with Gasteiger partial charge in [-0.05, 0) is 105 Å². The van der Waals surface area contributed by atoms with E-state index in [1.165, 1.54) is 0 Å². The Balaban J connectivity index is 1.36. The first-order chi connectivity index (χ1) is 19.4. The van der Waals surface area contributed by atoms with E-state index in [0.717, 1.165) is 43.2 Å². The highest BCUT2D eigenvalue weighted by atomic mass is 16.5. The Morgan fingerprint density at radius 1 is 0.775 bits per heavy atom. The van der Waals surface area contributed by atoms with E-state index in [2.05, 4.69) is 6.58 Å². The predicted octanol–water partition coefficient (Wildman–Crippen LogP) is 7.42. The highest BCUT2D eigenvalue weighted by Crippen LogP contribution is 2.17. The second-order valence-electron chi connectivity index (χ2n) is 9.04. The van der Waals surface area contributed by atoms with Crippen molar-refractivity contribution in [2.45, 2.75) is 39.0 Å². The fraction of sp³-hybridized carbons (Fsp3) is 0.176. The lowest BCUT2D eigenvalue weighted by molar-refractivity contribution is -0.129. The lowest BCUT2D eigenvalue weighted by atomic mass is 10.0. The average Bonchev–Trinajstić information content (AvgIpc) is 2.98. The van der Waals surface area contributed by atoms with Crippen molar-refractivity contribution in [3.63, 3.8) is 0 Å². The molecule has 0 radical (unpaired) electrons. The van der Waals surface area contributed by atoms with Crippen molar-refractivity contribution < 1.29 is 19.1 Å². The number of rotatable bonds is 12. The number of hydrogen-bond acceptors (Lipinski definition) is 6. The number of carbonyl (C=O) groups is 2. The number of nitrogens with zero attached hydrogens (tertiary/aromatic N) is 2. The molecule has 6 nitrogen and oxygen atoms in total. The van der Waals surface area contributed by atoms with E-state index in [4.69, 9.17) is 20.0 Å². The highest BCUT2D eigenvalue weighted by molar-refractivity contribution is 5.93. The predicted molar refractivity (Wildman–Crippen MR) is 154 cm³/mol. The summed E-state index contributed by atoms with van der Waals surface area (Å²) in [6, 6.07) is 24.2. The number of nitriles is 2. The molecule has 0 saturated heterocycles. The first-order valence-corrected chi connectivity index (χ1v) is 13.0. The number of allylic oxidation sites excluding steroid dienone is 3. The summed E-state index contributed by atoms with van der Waals surface area (Å²) in [5.74, 6) is -0.126. The zero-order valence-corrected chi connectivity index (χ0v) is 22.4. The molecule has 0 amide bonds. The molecule has 200 valence electrons. The molecule has 0 atom stereocenters. The van der Waals surface area contributed by atoms with Gasteiger partial charge in [0, 0.05) is 0 Å². The number of ether oxygens (including phenoxy) is 2. The SMILES string of the molecule is C=C(/C=C\C(=C/C)C(=O)Oc1ccc(C#N)cc1)CCCCCc1ccc(C(=O)Oc2ccc(C#N)cc2)cc1. The van der Waals surface area contributed by atoms with E-state index in [0.29, 0.717) is 33.8 Å². The van der Waals surface area contributed by atoms with Crippen LogP contribution in [0.3, 0.4) is 0 Å². The van der Waals surface area contributed by atoms with Crippen LogP contribution in [0.5, 0.6) is 11.5 Å². The van der Waals surface area contributed by atoms with Crippen molar-refractivity contribution in [2.24, 2.45) is 0 Å². The zero-order valence-electron chi connectivity index (χ0n) is 22.4. The van der Waals surface area contributed by atoms with E-state index in [1.807, 2.05) is 30.3 Å². The third-order valence-corrected chi connectivity index (χ3v) is 6.09. The molecule has 0 fully saturated rings. The lowest BCUT2D eigenvalue weighted by Crippen LogP contribution is -2.09. The molecule has 0 heterocycles. The summed E-state index contributed by atoms with van der Waals surface area (Å²) in [6.07, 6.45) is 9.95. The first kappa shape index (κ1) is 29.4. The molecule has 0 aliphatic carbocycles. The largest absolute Gasteiger partial charge is 0.423 e. The molecule has 3 aromatic rings. The molecule has 40 heavy (non-hydrogen) atoms. The fourth-order valence-electron chi connectivity index (χ4n) is 3.77. The summed E-state index contributed by atoms with van der Waals surface area (Å²) in [5, 5.41) is 17.7. The minimum atomic E-state index is -0.468. The molecule has 0 aliphatic heterocycles. The van der Waals surface area contributed by atoms with Crippen molar-refractivity contribution in [1.82, 2.24) is 0 Å². The van der Waals surface area contributed by atoms with Crippen LogP contribution in [0.4, 0.5) is 0 Å². The Morgan fingerprint density at radius 2 is 1.35 bits per heavy atom. The number of benzene rings is 3. The van der Waals surface area contributed by atoms with Gasteiger partial charge < -0.3 is 9.47 Å². The van der Waals surface area contributed by atoms with Crippen LogP contribution in [-0.4, -0.2) is 11.9 Å². The van der Waals surface area contributed by atoms with Crippen molar-refractivity contribution in [1.29, 1.82) is 10.5 Å². The van der Waals surface area contributed by atoms with Gasteiger partial charge >= 0.3 is 11.9 Å². The molecular formula is C34H30N2O4. The van der Waals surface area contributed by atoms with Crippen LogP contribution in [0.1, 0.15) is 59.7 Å². The molecule has 3 aromatic carbocycles. The first-order valence-electron chi connectivity index (χ1n) is 13.0. The number of hydrogen-bond donors (Lipinski definition) is 0. The highest BCUT2D eigenvalue weighted by Gasteiger charge is 2.10. The van der Waals surface area contributed by atoms with Crippen LogP contribution < -0.4 is 9.47 Å². The smallest absolute Gasteiger partial charge is 0.343 e. The summed E-state index contributed by atoms with van der Waals surface area (Å²) in [5.41, 5.74) is 3.97. The third-order valence-electron chi connectivity index (χ3n) is 6.09. The normalized spacial score (nSPS) is 10.9. The quantitative estimate of drug-likeness (QED) is 0.0794. The second kappa shape index (κ2) is 15.3. The Kier molecular flexibility index (Phi) is 11.2. The minimum absolute atomic E-state index is 0.383. The number of carbonyl (C=O) groups excluding carboxylic acids is 2. The Bertz CT molecular complexity index is 1470. The number of esters is 2. The Morgan fingerprint density at radius 3 is 1.90 bits per heavy atom. The maximum Gasteiger partial charge on any atom is 0.343 e. The van der Waals surface area contributed by atoms with E-state index in [9.17, 15) is 9.59 Å². The van der Waals surface area contributed by atoms with Gasteiger partial charge in [-0.15, -0.1) is 0 Å².